The van der Waals surface area contributed by atoms with E-state index in [-0.39, 0.29) is 0 Å². The average Bonchev–Trinajstić information content (AvgIpc) is 2.98. The average molecular weight is 312 g/mol. The third-order valence-corrected chi connectivity index (χ3v) is 4.10. The summed E-state index contributed by atoms with van der Waals surface area (Å²) in [6, 6.07) is 8.95. The van der Waals surface area contributed by atoms with Gasteiger partial charge in [-0.2, -0.15) is 5.10 Å². The SMILES string of the molecule is CN(Cc1n[nH]c2c1CCCC2)C(=O)C(=O)Nc1ccccc1. The van der Waals surface area contributed by atoms with E-state index in [1.807, 2.05) is 6.07 Å². The number of H-pyrrole nitrogens is 1. The summed E-state index contributed by atoms with van der Waals surface area (Å²) in [6.45, 7) is 0.340. The lowest BCUT2D eigenvalue weighted by molar-refractivity contribution is -0.142. The molecular weight excluding hydrogens is 292 g/mol. The van der Waals surface area contributed by atoms with Crippen molar-refractivity contribution in [1.82, 2.24) is 15.1 Å². The van der Waals surface area contributed by atoms with Crippen LogP contribution in [0.15, 0.2) is 30.3 Å². The molecule has 1 aliphatic carbocycles. The molecule has 1 aromatic heterocycles. The van der Waals surface area contributed by atoms with Gasteiger partial charge < -0.3 is 10.2 Å². The number of fused-ring (bicyclic) bond motifs is 1. The van der Waals surface area contributed by atoms with E-state index in [4.69, 9.17) is 0 Å². The molecule has 2 amide bonds. The summed E-state index contributed by atoms with van der Waals surface area (Å²) >= 11 is 0. The van der Waals surface area contributed by atoms with E-state index in [2.05, 4.69) is 15.5 Å². The van der Waals surface area contributed by atoms with Crippen LogP contribution in [0.4, 0.5) is 5.69 Å². The second-order valence-corrected chi connectivity index (χ2v) is 5.82. The van der Waals surface area contributed by atoms with Crippen LogP contribution in [0.5, 0.6) is 0 Å². The molecule has 0 saturated carbocycles. The van der Waals surface area contributed by atoms with Crippen molar-refractivity contribution in [3.05, 3.63) is 47.3 Å². The lowest BCUT2D eigenvalue weighted by Crippen LogP contribution is -2.37. The summed E-state index contributed by atoms with van der Waals surface area (Å²) in [4.78, 5) is 25.7. The highest BCUT2D eigenvalue weighted by atomic mass is 16.2. The Morgan fingerprint density at radius 3 is 2.74 bits per heavy atom. The Kier molecular flexibility index (Phi) is 4.41. The summed E-state index contributed by atoms with van der Waals surface area (Å²) in [6.07, 6.45) is 4.31. The van der Waals surface area contributed by atoms with Crippen molar-refractivity contribution in [2.75, 3.05) is 12.4 Å². The molecular formula is C17H20N4O2. The van der Waals surface area contributed by atoms with E-state index < -0.39 is 11.8 Å². The number of likely N-dealkylation sites (N-methyl/N-ethyl adjacent to an activating group) is 1. The van der Waals surface area contributed by atoms with Crippen LogP contribution in [0.25, 0.3) is 0 Å². The molecule has 3 rings (SSSR count). The van der Waals surface area contributed by atoms with E-state index in [9.17, 15) is 9.59 Å². The van der Waals surface area contributed by atoms with E-state index in [0.717, 1.165) is 25.0 Å². The van der Waals surface area contributed by atoms with Crippen LogP contribution in [0.2, 0.25) is 0 Å². The zero-order chi connectivity index (χ0) is 16.2. The van der Waals surface area contributed by atoms with Gasteiger partial charge in [-0.15, -0.1) is 0 Å². The highest BCUT2D eigenvalue weighted by Crippen LogP contribution is 2.22. The summed E-state index contributed by atoms with van der Waals surface area (Å²) in [5.74, 6) is -1.20. The highest BCUT2D eigenvalue weighted by Gasteiger charge is 2.23. The molecule has 1 aliphatic rings. The standard InChI is InChI=1S/C17H20N4O2/c1-21(11-15-13-9-5-6-10-14(13)19-20-15)17(23)16(22)18-12-7-3-2-4-8-12/h2-4,7-8H,5-6,9-11H2,1H3,(H,18,22)(H,19,20). The number of anilines is 1. The number of amides is 2. The van der Waals surface area contributed by atoms with Crippen molar-refractivity contribution >= 4 is 17.5 Å². The minimum Gasteiger partial charge on any atom is -0.332 e. The number of rotatable bonds is 3. The topological polar surface area (TPSA) is 78.1 Å². The Balaban J connectivity index is 1.63. The number of nitrogens with zero attached hydrogens (tertiary/aromatic N) is 2. The quantitative estimate of drug-likeness (QED) is 0.850. The Hall–Kier alpha value is -2.63. The van der Waals surface area contributed by atoms with Crippen LogP contribution in [0.1, 0.15) is 29.8 Å². The molecule has 0 atom stereocenters. The first-order chi connectivity index (χ1) is 11.1. The second kappa shape index (κ2) is 6.64. The fourth-order valence-corrected chi connectivity index (χ4v) is 2.86. The van der Waals surface area contributed by atoms with Crippen molar-refractivity contribution in [2.45, 2.75) is 32.2 Å². The number of nitrogens with one attached hydrogen (secondary N) is 2. The summed E-state index contributed by atoms with van der Waals surface area (Å²) in [7, 11) is 1.62. The van der Waals surface area contributed by atoms with Crippen molar-refractivity contribution in [1.29, 1.82) is 0 Å². The molecule has 120 valence electrons. The first kappa shape index (κ1) is 15.3. The molecule has 2 N–H and O–H groups in total. The molecule has 0 fully saturated rings. The number of carbonyl (C=O) groups is 2. The smallest absolute Gasteiger partial charge is 0.313 e. The van der Waals surface area contributed by atoms with Gasteiger partial charge in [0.15, 0.2) is 0 Å². The van der Waals surface area contributed by atoms with Gasteiger partial charge in [0.25, 0.3) is 0 Å². The first-order valence-electron chi connectivity index (χ1n) is 7.81. The van der Waals surface area contributed by atoms with E-state index in [0.29, 0.717) is 12.2 Å². The number of aryl methyl sites for hydroxylation is 1. The summed E-state index contributed by atoms with van der Waals surface area (Å²) in [5.41, 5.74) is 3.85. The molecule has 6 heteroatoms. The van der Waals surface area contributed by atoms with Crippen molar-refractivity contribution in [3.8, 4) is 0 Å². The summed E-state index contributed by atoms with van der Waals surface area (Å²) in [5, 5.41) is 9.97. The molecule has 23 heavy (non-hydrogen) atoms. The van der Waals surface area contributed by atoms with Gasteiger partial charge in [-0.05, 0) is 43.4 Å². The minimum absolute atomic E-state index is 0.340. The van der Waals surface area contributed by atoms with E-state index in [1.165, 1.54) is 22.6 Å². The highest BCUT2D eigenvalue weighted by molar-refractivity contribution is 6.39. The van der Waals surface area contributed by atoms with Gasteiger partial charge in [0.05, 0.1) is 12.2 Å². The Morgan fingerprint density at radius 1 is 1.22 bits per heavy atom. The molecule has 0 bridgehead atoms. The maximum absolute atomic E-state index is 12.2. The zero-order valence-corrected chi connectivity index (χ0v) is 13.1. The van der Waals surface area contributed by atoms with Crippen LogP contribution in [0.3, 0.4) is 0 Å². The van der Waals surface area contributed by atoms with Gasteiger partial charge in [-0.1, -0.05) is 18.2 Å². The van der Waals surface area contributed by atoms with Gasteiger partial charge in [0.2, 0.25) is 0 Å². The maximum atomic E-state index is 12.2. The lowest BCUT2D eigenvalue weighted by Gasteiger charge is -2.17. The first-order valence-corrected chi connectivity index (χ1v) is 7.81. The van der Waals surface area contributed by atoms with Crippen LogP contribution >= 0.6 is 0 Å². The van der Waals surface area contributed by atoms with Crippen molar-refractivity contribution in [2.24, 2.45) is 0 Å². The number of aromatic nitrogens is 2. The Labute approximate surface area is 134 Å². The largest absolute Gasteiger partial charge is 0.332 e. The van der Waals surface area contributed by atoms with Gasteiger partial charge in [0.1, 0.15) is 0 Å². The normalized spacial score (nSPS) is 13.3. The number of benzene rings is 1. The fourth-order valence-electron chi connectivity index (χ4n) is 2.86. The van der Waals surface area contributed by atoms with Gasteiger partial charge in [0, 0.05) is 18.4 Å². The third-order valence-electron chi connectivity index (χ3n) is 4.10. The molecule has 0 saturated heterocycles. The molecule has 0 unspecified atom stereocenters. The maximum Gasteiger partial charge on any atom is 0.313 e. The number of hydrogen-bond donors (Lipinski definition) is 2. The van der Waals surface area contributed by atoms with Crippen molar-refractivity contribution < 1.29 is 9.59 Å². The minimum atomic E-state index is -0.636. The van der Waals surface area contributed by atoms with Gasteiger partial charge in [-0.3, -0.25) is 14.7 Å². The van der Waals surface area contributed by atoms with Crippen molar-refractivity contribution in [3.63, 3.8) is 0 Å². The predicted molar refractivity (Wildman–Crippen MR) is 86.8 cm³/mol. The van der Waals surface area contributed by atoms with Gasteiger partial charge in [-0.25, -0.2) is 0 Å². The second-order valence-electron chi connectivity index (χ2n) is 5.82. The molecule has 1 aromatic carbocycles. The molecule has 0 radical (unpaired) electrons. The predicted octanol–water partition coefficient (Wildman–Crippen LogP) is 1.89. The molecule has 0 spiro atoms. The van der Waals surface area contributed by atoms with Crippen LogP contribution in [0, 0.1) is 0 Å². The molecule has 1 heterocycles. The van der Waals surface area contributed by atoms with Crippen LogP contribution in [-0.2, 0) is 29.0 Å². The number of aromatic amines is 1. The van der Waals surface area contributed by atoms with Gasteiger partial charge >= 0.3 is 11.8 Å². The Bertz CT molecular complexity index is 709. The molecule has 0 aliphatic heterocycles. The summed E-state index contributed by atoms with van der Waals surface area (Å²) < 4.78 is 0. The van der Waals surface area contributed by atoms with Crippen LogP contribution in [-0.4, -0.2) is 34.0 Å². The number of hydrogen-bond acceptors (Lipinski definition) is 3. The van der Waals surface area contributed by atoms with E-state index in [1.54, 1.807) is 31.3 Å². The fraction of sp³-hybridized carbons (Fsp3) is 0.353. The monoisotopic (exact) mass is 312 g/mol. The van der Waals surface area contributed by atoms with Crippen LogP contribution < -0.4 is 5.32 Å². The molecule has 6 nitrogen and oxygen atoms in total. The van der Waals surface area contributed by atoms with E-state index >= 15 is 0 Å². The number of para-hydroxylation sites is 1. The lowest BCUT2D eigenvalue weighted by atomic mass is 9.96. The Morgan fingerprint density at radius 2 is 1.96 bits per heavy atom. The third kappa shape index (κ3) is 3.41. The zero-order valence-electron chi connectivity index (χ0n) is 13.1. The molecule has 2 aromatic rings. The number of carbonyl (C=O) groups excluding carboxylic acids is 2.